The molecular weight excluding hydrogens is 1340 g/mol. The lowest BCUT2D eigenvalue weighted by molar-refractivity contribution is -0.161. The van der Waals surface area contributed by atoms with Crippen LogP contribution in [-0.2, 0) is 89.9 Å². The van der Waals surface area contributed by atoms with Crippen LogP contribution in [0, 0.1) is 0 Å². The predicted molar refractivity (Wildman–Crippen MR) is 379 cm³/mol. The molecule has 0 saturated carbocycles. The van der Waals surface area contributed by atoms with Crippen molar-refractivity contribution in [1.82, 2.24) is 21.3 Å². The number of azide groups is 3. The van der Waals surface area contributed by atoms with Crippen molar-refractivity contribution >= 4 is 55.1 Å². The zero-order valence-electron chi connectivity index (χ0n) is 60.4. The summed E-state index contributed by atoms with van der Waals surface area (Å²) in [5.41, 5.74) is 24.1. The first-order chi connectivity index (χ1) is 49.0. The van der Waals surface area contributed by atoms with Gasteiger partial charge in [-0.2, -0.15) is 0 Å². The van der Waals surface area contributed by atoms with Gasteiger partial charge in [0.15, 0.2) is 11.9 Å². The Balaban J connectivity index is -0.00000228. The van der Waals surface area contributed by atoms with Gasteiger partial charge in [-0.1, -0.05) is 156 Å². The third kappa shape index (κ3) is 85.6. The van der Waals surface area contributed by atoms with Gasteiger partial charge in [-0.05, 0) is 87.7 Å². The van der Waals surface area contributed by atoms with E-state index in [0.717, 1.165) is 77.0 Å². The number of carbonyl (C=O) groups is 8. The van der Waals surface area contributed by atoms with Crippen molar-refractivity contribution in [1.29, 1.82) is 0 Å². The number of amides is 4. The molecular formula is C66H120N13O21P. The average molecular weight is 1460 g/mol. The van der Waals surface area contributed by atoms with Gasteiger partial charge in [0.1, 0.15) is 46.2 Å². The maximum atomic E-state index is 12.8. The minimum absolute atomic E-state index is 0.0459. The number of phosphoric ester groups is 1. The lowest BCUT2D eigenvalue weighted by Gasteiger charge is -2.20. The molecule has 0 aromatic heterocycles. The molecule has 0 aromatic carbocycles. The van der Waals surface area contributed by atoms with E-state index in [1.165, 1.54) is 84.0 Å². The van der Waals surface area contributed by atoms with Gasteiger partial charge >= 0.3 is 25.7 Å². The van der Waals surface area contributed by atoms with Crippen LogP contribution in [-0.4, -0.2) is 208 Å². The molecule has 0 fully saturated rings. The topological polar surface area (TPSA) is 481 Å². The van der Waals surface area contributed by atoms with Gasteiger partial charge in [-0.3, -0.25) is 42.6 Å². The number of nitrogens with one attached hydrogen (secondary N) is 4. The van der Waals surface area contributed by atoms with Gasteiger partial charge in [-0.15, -0.1) is 0 Å². The van der Waals surface area contributed by atoms with Crippen LogP contribution < -0.4 is 21.3 Å². The van der Waals surface area contributed by atoms with E-state index >= 15 is 0 Å². The fourth-order valence-corrected chi connectivity index (χ4v) is 9.09. The van der Waals surface area contributed by atoms with E-state index in [4.69, 9.17) is 68.6 Å². The molecule has 0 aromatic rings. The average Bonchev–Trinajstić information content (AvgIpc) is 0.990. The molecule has 0 saturated heterocycles. The minimum atomic E-state index is -4.65. The highest BCUT2D eigenvalue weighted by molar-refractivity contribution is 7.47. The first kappa shape index (κ1) is 98.4. The fraction of sp³-hybridized carbons (Fsp3) is 0.818. The van der Waals surface area contributed by atoms with Crippen molar-refractivity contribution in [2.24, 2.45) is 15.3 Å². The maximum absolute atomic E-state index is 12.8. The number of aliphatic carboxylic acids is 1. The number of allylic oxidation sites excluding steroid dienone is 4. The van der Waals surface area contributed by atoms with Crippen LogP contribution in [0.5, 0.6) is 0 Å². The second-order valence-corrected chi connectivity index (χ2v) is 24.2. The van der Waals surface area contributed by atoms with Crippen LogP contribution >= 0.6 is 7.82 Å². The zero-order valence-corrected chi connectivity index (χ0v) is 61.3. The molecule has 0 bridgehead atoms. The summed E-state index contributed by atoms with van der Waals surface area (Å²) in [6.07, 6.45) is 38.0. The Hall–Kier alpha value is -6.76. The van der Waals surface area contributed by atoms with E-state index in [1.807, 2.05) is 0 Å². The van der Waals surface area contributed by atoms with Crippen molar-refractivity contribution in [3.8, 4) is 0 Å². The number of Topliss-reactive ketones (excluding diaryl/α,β-unsaturated/α-hetero) is 1. The standard InChI is InChI=1S/C49H90N5O12P.C9H16N4O4.C8H14N4O5/c1-3-5-7-9-11-13-15-17-19-21-23-25-27-29-31-33-48(57)63-41-45(66-49(58)34-32-30-28-26-24-22-20-18-16-14-12-10-8-6-4-2)42-65-67(59,60)64-40-36-52-47(56)43-61-38-35-51-46(55)44-62-39-37-53-54-50;1-8(14)6-16-4-2-11-9(15)7-17-5-3-12-13-10;9-12-11-2-4-16-5-7(13)10-1-3-17-6-8(14)15/h17-20,45H,3-16,21-44H2,1-2H3,(H,51,55)(H,52,56)(H,59,60);2-7H2,1H3,(H,11,15);1-6H2,(H,10,13)(H,14,15)/b19-17+,20-18+;;. The lowest BCUT2D eigenvalue weighted by atomic mass is 10.1. The van der Waals surface area contributed by atoms with Gasteiger partial charge in [0.25, 0.3) is 0 Å². The van der Waals surface area contributed by atoms with E-state index in [0.29, 0.717) is 19.4 Å². The second-order valence-electron chi connectivity index (χ2n) is 22.7. The number of carboxylic acid groups (broad SMARTS) is 1. The minimum Gasteiger partial charge on any atom is -0.480 e. The number of nitrogens with zero attached hydrogens (tertiary/aromatic N) is 9. The van der Waals surface area contributed by atoms with Crippen molar-refractivity contribution in [2.75, 3.05) is 145 Å². The maximum Gasteiger partial charge on any atom is 0.472 e. The van der Waals surface area contributed by atoms with Gasteiger partial charge in [0.05, 0.1) is 52.9 Å². The van der Waals surface area contributed by atoms with Crippen LogP contribution in [0.15, 0.2) is 39.6 Å². The van der Waals surface area contributed by atoms with Gasteiger partial charge < -0.3 is 69.2 Å². The van der Waals surface area contributed by atoms with E-state index in [-0.39, 0.29) is 156 Å². The summed E-state index contributed by atoms with van der Waals surface area (Å²) in [5.74, 6) is -3.63. The lowest BCUT2D eigenvalue weighted by Crippen LogP contribution is -2.33. The first-order valence-electron chi connectivity index (χ1n) is 35.5. The van der Waals surface area contributed by atoms with Crippen molar-refractivity contribution in [3.63, 3.8) is 0 Å². The number of carbonyl (C=O) groups excluding carboxylic acids is 7. The van der Waals surface area contributed by atoms with E-state index in [9.17, 15) is 47.8 Å². The highest BCUT2D eigenvalue weighted by Gasteiger charge is 2.26. The number of ketones is 1. The molecule has 0 aliphatic rings. The molecule has 2 unspecified atom stereocenters. The van der Waals surface area contributed by atoms with Gasteiger partial charge in [-0.25, -0.2) is 9.36 Å². The quantitative estimate of drug-likeness (QED) is 0.00626. The second kappa shape index (κ2) is 79.0. The molecule has 0 radical (unpaired) electrons. The zero-order chi connectivity index (χ0) is 75.0. The number of rotatable bonds is 70. The Bertz CT molecular complexity index is 2320. The molecule has 0 heterocycles. The predicted octanol–water partition coefficient (Wildman–Crippen LogP) is 10.8. The number of phosphoric acid groups is 1. The molecule has 6 N–H and O–H groups in total. The highest BCUT2D eigenvalue weighted by Crippen LogP contribution is 2.43. The summed E-state index contributed by atoms with van der Waals surface area (Å²) in [4.78, 5) is 110. The van der Waals surface area contributed by atoms with Crippen molar-refractivity contribution in [2.45, 2.75) is 207 Å². The number of hydrogen-bond donors (Lipinski definition) is 6. The summed E-state index contributed by atoms with van der Waals surface area (Å²) in [7, 11) is -4.65. The largest absolute Gasteiger partial charge is 0.480 e. The first-order valence-corrected chi connectivity index (χ1v) is 37.0. The molecule has 0 aliphatic carbocycles. The number of esters is 2. The fourth-order valence-electron chi connectivity index (χ4n) is 8.34. The number of unbranched alkanes of at least 4 members (excludes halogenated alkanes) is 22. The van der Waals surface area contributed by atoms with Crippen LogP contribution in [0.25, 0.3) is 31.3 Å². The number of carboxylic acids is 1. The normalized spacial score (nSPS) is 11.6. The van der Waals surface area contributed by atoms with Crippen LogP contribution in [0.1, 0.15) is 201 Å². The summed E-state index contributed by atoms with van der Waals surface area (Å²) in [6, 6.07) is 0. The Morgan fingerprint density at radius 1 is 0.426 bits per heavy atom. The van der Waals surface area contributed by atoms with Crippen LogP contribution in [0.4, 0.5) is 0 Å². The van der Waals surface area contributed by atoms with E-state index in [1.54, 1.807) is 0 Å². The molecule has 101 heavy (non-hydrogen) atoms. The SMILES string of the molecule is CC(=O)COCCNC(=O)COCCN=[N+]=[N-].CCCCCCCC/C=C/CCCCCCCC(=O)OCC(COP(=O)(O)OCCNC(=O)COCCNC(=O)COCCN=[N+]=[N-])OC(=O)CCCCCCC/C=C/CCCCCCCC.[N-]=[N+]=NCCOCC(=O)NCCOCC(=O)O. The Morgan fingerprint density at radius 3 is 1.12 bits per heavy atom. The number of ether oxygens (including phenoxy) is 8. The third-order valence-electron chi connectivity index (χ3n) is 13.5. The van der Waals surface area contributed by atoms with Crippen molar-refractivity contribution < 1.29 is 99.9 Å². The molecule has 4 amide bonds. The smallest absolute Gasteiger partial charge is 0.472 e. The Kier molecular flexibility index (Phi) is 76.9. The summed E-state index contributed by atoms with van der Waals surface area (Å²) >= 11 is 0. The summed E-state index contributed by atoms with van der Waals surface area (Å²) in [6.45, 7) is 5.49. The molecule has 0 rings (SSSR count). The molecule has 0 spiro atoms. The van der Waals surface area contributed by atoms with E-state index in [2.05, 4.69) is 89.5 Å². The van der Waals surface area contributed by atoms with Gasteiger partial charge in [0.2, 0.25) is 23.6 Å². The van der Waals surface area contributed by atoms with Gasteiger partial charge in [0, 0.05) is 73.4 Å². The van der Waals surface area contributed by atoms with Crippen molar-refractivity contribution in [3.05, 3.63) is 55.6 Å². The Labute approximate surface area is 596 Å². The molecule has 0 aliphatic heterocycles. The summed E-state index contributed by atoms with van der Waals surface area (Å²) < 4.78 is 63.4. The molecule has 580 valence electrons. The van der Waals surface area contributed by atoms with Crippen LogP contribution in [0.3, 0.4) is 0 Å². The molecule has 2 atom stereocenters. The third-order valence-corrected chi connectivity index (χ3v) is 14.5. The monoisotopic (exact) mass is 1460 g/mol. The van der Waals surface area contributed by atoms with Crippen LogP contribution in [0.2, 0.25) is 0 Å². The highest BCUT2D eigenvalue weighted by atomic mass is 31.2. The summed E-state index contributed by atoms with van der Waals surface area (Å²) in [5, 5.41) is 28.0. The molecule has 34 nitrogen and oxygen atoms in total. The van der Waals surface area contributed by atoms with E-state index < -0.39 is 56.9 Å². The molecule has 35 heteroatoms. The number of hydrogen-bond acceptors (Lipinski definition) is 22. The Morgan fingerprint density at radius 2 is 0.752 bits per heavy atom.